The molecular weight excluding hydrogens is 198 g/mol. The maximum atomic E-state index is 11.1. The number of ether oxygens (including phenoxy) is 1. The molecular formula is C9H13N3O3. The van der Waals surface area contributed by atoms with Gasteiger partial charge in [-0.15, -0.1) is 5.10 Å². The minimum absolute atomic E-state index is 0.217. The zero-order chi connectivity index (χ0) is 10.8. The van der Waals surface area contributed by atoms with Gasteiger partial charge in [-0.1, -0.05) is 5.21 Å². The summed E-state index contributed by atoms with van der Waals surface area (Å²) in [5.41, 5.74) is 0.227. The molecule has 1 saturated carbocycles. The van der Waals surface area contributed by atoms with Crippen LogP contribution in [0.3, 0.4) is 0 Å². The van der Waals surface area contributed by atoms with Crippen LogP contribution in [-0.2, 0) is 4.74 Å². The summed E-state index contributed by atoms with van der Waals surface area (Å²) in [6, 6.07) is 0.257. The molecule has 0 spiro atoms. The highest BCUT2D eigenvalue weighted by molar-refractivity contribution is 5.86. The van der Waals surface area contributed by atoms with Crippen LogP contribution in [-0.4, -0.2) is 39.8 Å². The minimum atomic E-state index is -0.473. The zero-order valence-electron chi connectivity index (χ0n) is 8.46. The average molecular weight is 211 g/mol. The summed E-state index contributed by atoms with van der Waals surface area (Å²) >= 11 is 0. The Labute approximate surface area is 86.8 Å². The van der Waals surface area contributed by atoms with Gasteiger partial charge in [0.1, 0.15) is 0 Å². The number of esters is 1. The van der Waals surface area contributed by atoms with Gasteiger partial charge < -0.3 is 9.84 Å². The summed E-state index contributed by atoms with van der Waals surface area (Å²) in [5.74, 6) is -0.111. The van der Waals surface area contributed by atoms with Crippen LogP contribution in [0.5, 0.6) is 0 Å². The first-order valence-corrected chi connectivity index (χ1v) is 4.85. The first-order valence-electron chi connectivity index (χ1n) is 4.85. The van der Waals surface area contributed by atoms with Gasteiger partial charge in [-0.05, 0) is 18.8 Å². The maximum Gasteiger partial charge on any atom is 0.360 e. The van der Waals surface area contributed by atoms with E-state index in [1.807, 2.05) is 0 Å². The second kappa shape index (κ2) is 3.98. The number of aliphatic hydroxyl groups is 1. The Bertz CT molecular complexity index is 357. The topological polar surface area (TPSA) is 77.2 Å². The van der Waals surface area contributed by atoms with Crippen molar-refractivity contribution in [2.75, 3.05) is 13.7 Å². The van der Waals surface area contributed by atoms with E-state index in [0.717, 1.165) is 12.8 Å². The highest BCUT2D eigenvalue weighted by Crippen LogP contribution is 2.36. The predicted octanol–water partition coefficient (Wildman–Crippen LogP) is 0.00810. The molecule has 1 fully saturated rings. The number of methoxy groups -OCH3 is 1. The van der Waals surface area contributed by atoms with Crippen LogP contribution in [0.25, 0.3) is 0 Å². The van der Waals surface area contributed by atoms with E-state index in [0.29, 0.717) is 5.92 Å². The molecule has 2 rings (SSSR count). The molecule has 0 aliphatic heterocycles. The van der Waals surface area contributed by atoms with Crippen LogP contribution in [0.1, 0.15) is 29.4 Å². The second-order valence-corrected chi connectivity index (χ2v) is 3.75. The molecule has 82 valence electrons. The van der Waals surface area contributed by atoms with Crippen molar-refractivity contribution in [3.8, 4) is 0 Å². The fourth-order valence-electron chi connectivity index (χ4n) is 1.72. The fraction of sp³-hybridized carbons (Fsp3) is 0.667. The number of aliphatic hydroxyl groups excluding tert-OH is 1. The average Bonchev–Trinajstić information content (AvgIpc) is 2.64. The van der Waals surface area contributed by atoms with E-state index >= 15 is 0 Å². The lowest BCUT2D eigenvalue weighted by Gasteiger charge is -2.33. The van der Waals surface area contributed by atoms with Crippen molar-refractivity contribution in [1.29, 1.82) is 0 Å². The molecule has 0 atom stereocenters. The van der Waals surface area contributed by atoms with Crippen molar-refractivity contribution in [2.45, 2.75) is 18.9 Å². The third-order valence-corrected chi connectivity index (χ3v) is 2.75. The number of carbonyl (C=O) groups is 1. The first-order chi connectivity index (χ1) is 7.24. The minimum Gasteiger partial charge on any atom is -0.464 e. The van der Waals surface area contributed by atoms with Crippen molar-refractivity contribution < 1.29 is 14.6 Å². The Kier molecular flexibility index (Phi) is 2.68. The van der Waals surface area contributed by atoms with Crippen molar-refractivity contribution >= 4 is 5.97 Å². The molecule has 1 aliphatic carbocycles. The van der Waals surface area contributed by atoms with Gasteiger partial charge in [0.25, 0.3) is 0 Å². The molecule has 0 bridgehead atoms. The first kappa shape index (κ1) is 10.1. The number of carbonyl (C=O) groups excluding carboxylic acids is 1. The largest absolute Gasteiger partial charge is 0.464 e. The molecule has 0 saturated heterocycles. The van der Waals surface area contributed by atoms with Crippen LogP contribution >= 0.6 is 0 Å². The normalized spacial score (nSPS) is 24.7. The summed E-state index contributed by atoms with van der Waals surface area (Å²) in [7, 11) is 1.31. The monoisotopic (exact) mass is 211 g/mol. The van der Waals surface area contributed by atoms with Gasteiger partial charge in [0.05, 0.1) is 19.3 Å². The number of aromatic nitrogens is 3. The smallest absolute Gasteiger partial charge is 0.360 e. The highest BCUT2D eigenvalue weighted by atomic mass is 16.5. The maximum absolute atomic E-state index is 11.1. The number of hydrogen-bond donors (Lipinski definition) is 1. The third-order valence-electron chi connectivity index (χ3n) is 2.75. The number of hydrogen-bond acceptors (Lipinski definition) is 5. The molecule has 0 unspecified atom stereocenters. The van der Waals surface area contributed by atoms with Gasteiger partial charge in [-0.3, -0.25) is 0 Å². The lowest BCUT2D eigenvalue weighted by molar-refractivity contribution is 0.0593. The van der Waals surface area contributed by atoms with E-state index in [-0.39, 0.29) is 18.3 Å². The van der Waals surface area contributed by atoms with E-state index in [9.17, 15) is 4.79 Å². The fourth-order valence-corrected chi connectivity index (χ4v) is 1.72. The number of rotatable bonds is 3. The Morgan fingerprint density at radius 1 is 1.73 bits per heavy atom. The summed E-state index contributed by atoms with van der Waals surface area (Å²) < 4.78 is 6.19. The Hall–Kier alpha value is -1.43. The Balaban J connectivity index is 1.99. The van der Waals surface area contributed by atoms with Crippen LogP contribution in [0.15, 0.2) is 6.20 Å². The van der Waals surface area contributed by atoms with Gasteiger partial charge >= 0.3 is 5.97 Å². The van der Waals surface area contributed by atoms with Gasteiger partial charge in [0, 0.05) is 6.61 Å². The molecule has 1 N–H and O–H groups in total. The van der Waals surface area contributed by atoms with E-state index in [1.165, 1.54) is 7.11 Å². The van der Waals surface area contributed by atoms with Gasteiger partial charge in [0.2, 0.25) is 0 Å². The molecule has 0 aromatic carbocycles. The summed E-state index contributed by atoms with van der Waals surface area (Å²) in [6.07, 6.45) is 3.37. The lowest BCUT2D eigenvalue weighted by atomic mass is 9.81. The van der Waals surface area contributed by atoms with Gasteiger partial charge in [-0.25, -0.2) is 9.48 Å². The van der Waals surface area contributed by atoms with Crippen LogP contribution in [0.2, 0.25) is 0 Å². The molecule has 6 heteroatoms. The van der Waals surface area contributed by atoms with E-state index in [1.54, 1.807) is 10.9 Å². The molecule has 1 aliphatic rings. The quantitative estimate of drug-likeness (QED) is 0.712. The SMILES string of the molecule is COC(=O)c1cn(C2CC(CO)C2)nn1. The Morgan fingerprint density at radius 3 is 3.07 bits per heavy atom. The van der Waals surface area contributed by atoms with E-state index < -0.39 is 5.97 Å². The van der Waals surface area contributed by atoms with Crippen molar-refractivity contribution in [1.82, 2.24) is 15.0 Å². The molecule has 1 aromatic rings. The van der Waals surface area contributed by atoms with Crippen molar-refractivity contribution in [2.24, 2.45) is 5.92 Å². The summed E-state index contributed by atoms with van der Waals surface area (Å²) in [6.45, 7) is 0.217. The summed E-state index contributed by atoms with van der Waals surface area (Å²) in [5, 5.41) is 16.4. The van der Waals surface area contributed by atoms with E-state index in [2.05, 4.69) is 15.0 Å². The molecule has 1 aromatic heterocycles. The number of nitrogens with zero attached hydrogens (tertiary/aromatic N) is 3. The van der Waals surface area contributed by atoms with Crippen LogP contribution in [0, 0.1) is 5.92 Å². The Morgan fingerprint density at radius 2 is 2.47 bits per heavy atom. The second-order valence-electron chi connectivity index (χ2n) is 3.75. The van der Waals surface area contributed by atoms with Crippen molar-refractivity contribution in [3.63, 3.8) is 0 Å². The van der Waals surface area contributed by atoms with Crippen LogP contribution in [0.4, 0.5) is 0 Å². The molecule has 0 amide bonds. The summed E-state index contributed by atoms with van der Waals surface area (Å²) in [4.78, 5) is 11.1. The molecule has 0 radical (unpaired) electrons. The predicted molar refractivity (Wildman–Crippen MR) is 50.2 cm³/mol. The molecule has 6 nitrogen and oxygen atoms in total. The molecule has 15 heavy (non-hydrogen) atoms. The van der Waals surface area contributed by atoms with Gasteiger partial charge in [-0.2, -0.15) is 0 Å². The van der Waals surface area contributed by atoms with E-state index in [4.69, 9.17) is 5.11 Å². The lowest BCUT2D eigenvalue weighted by Crippen LogP contribution is -2.29. The van der Waals surface area contributed by atoms with Crippen molar-refractivity contribution in [3.05, 3.63) is 11.9 Å². The van der Waals surface area contributed by atoms with Crippen LogP contribution < -0.4 is 0 Å². The van der Waals surface area contributed by atoms with Gasteiger partial charge in [0.15, 0.2) is 5.69 Å². The molecule has 1 heterocycles. The standard InChI is InChI=1S/C9H13N3O3/c1-15-9(14)8-4-12(11-10-8)7-2-6(3-7)5-13/h4,6-7,13H,2-3,5H2,1H3. The third kappa shape index (κ3) is 1.85. The zero-order valence-corrected chi connectivity index (χ0v) is 8.46. The highest BCUT2D eigenvalue weighted by Gasteiger charge is 2.31.